The minimum Gasteiger partial charge on any atom is -0.314 e. The summed E-state index contributed by atoms with van der Waals surface area (Å²) in [4.78, 5) is 0. The van der Waals surface area contributed by atoms with E-state index in [1.165, 1.54) is 35.7 Å². The maximum Gasteiger partial charge on any atom is 0.0177 e. The average Bonchev–Trinajstić information content (AvgIpc) is 2.40. The van der Waals surface area contributed by atoms with Crippen molar-refractivity contribution in [1.29, 1.82) is 0 Å². The molecular formula is C19H30BrN. The first kappa shape index (κ1) is 17.0. The molecule has 0 radical (unpaired) electrons. The van der Waals surface area contributed by atoms with E-state index in [0.29, 0.717) is 11.5 Å². The van der Waals surface area contributed by atoms with Gasteiger partial charge < -0.3 is 5.32 Å². The Morgan fingerprint density at radius 1 is 1.24 bits per heavy atom. The van der Waals surface area contributed by atoms with E-state index < -0.39 is 0 Å². The maximum absolute atomic E-state index is 3.73. The van der Waals surface area contributed by atoms with Gasteiger partial charge in [0.15, 0.2) is 0 Å². The fourth-order valence-electron chi connectivity index (χ4n) is 3.77. The SMILES string of the molecule is CCNC1CCC(C(C)(C)C)CC1Cc1cccc(Br)c1. The van der Waals surface area contributed by atoms with Gasteiger partial charge in [0.05, 0.1) is 0 Å². The van der Waals surface area contributed by atoms with E-state index >= 15 is 0 Å². The number of nitrogens with one attached hydrogen (secondary N) is 1. The fraction of sp³-hybridized carbons (Fsp3) is 0.684. The highest BCUT2D eigenvalue weighted by atomic mass is 79.9. The van der Waals surface area contributed by atoms with Crippen LogP contribution in [-0.4, -0.2) is 12.6 Å². The van der Waals surface area contributed by atoms with E-state index in [9.17, 15) is 0 Å². The van der Waals surface area contributed by atoms with Gasteiger partial charge in [0.25, 0.3) is 0 Å². The van der Waals surface area contributed by atoms with Gasteiger partial charge in [-0.1, -0.05) is 55.8 Å². The molecule has 1 fully saturated rings. The lowest BCUT2D eigenvalue weighted by Gasteiger charge is -2.42. The Morgan fingerprint density at radius 2 is 2.00 bits per heavy atom. The molecule has 1 aliphatic rings. The van der Waals surface area contributed by atoms with Crippen LogP contribution >= 0.6 is 15.9 Å². The summed E-state index contributed by atoms with van der Waals surface area (Å²) in [6.45, 7) is 10.5. The van der Waals surface area contributed by atoms with Gasteiger partial charge in [0, 0.05) is 10.5 Å². The normalized spacial score (nSPS) is 26.8. The molecule has 1 N–H and O–H groups in total. The minimum atomic E-state index is 0.437. The molecule has 2 heteroatoms. The number of hydrogen-bond acceptors (Lipinski definition) is 1. The number of rotatable bonds is 4. The number of hydrogen-bond donors (Lipinski definition) is 1. The third-order valence-corrected chi connectivity index (χ3v) is 5.55. The zero-order chi connectivity index (χ0) is 15.5. The van der Waals surface area contributed by atoms with Crippen molar-refractivity contribution in [2.75, 3.05) is 6.54 Å². The van der Waals surface area contributed by atoms with Crippen molar-refractivity contribution >= 4 is 15.9 Å². The van der Waals surface area contributed by atoms with Gasteiger partial charge in [-0.25, -0.2) is 0 Å². The highest BCUT2D eigenvalue weighted by Crippen LogP contribution is 2.41. The molecule has 0 saturated heterocycles. The second-order valence-corrected chi connectivity index (χ2v) is 8.55. The van der Waals surface area contributed by atoms with Crippen molar-refractivity contribution in [3.63, 3.8) is 0 Å². The summed E-state index contributed by atoms with van der Waals surface area (Å²) in [7, 11) is 0. The summed E-state index contributed by atoms with van der Waals surface area (Å²) in [6, 6.07) is 9.51. The van der Waals surface area contributed by atoms with Gasteiger partial charge in [-0.3, -0.25) is 0 Å². The zero-order valence-corrected chi connectivity index (χ0v) is 15.5. The number of benzene rings is 1. The second kappa shape index (κ2) is 7.28. The highest BCUT2D eigenvalue weighted by Gasteiger charge is 2.35. The maximum atomic E-state index is 3.73. The second-order valence-electron chi connectivity index (χ2n) is 7.63. The van der Waals surface area contributed by atoms with Crippen molar-refractivity contribution in [2.45, 2.75) is 59.4 Å². The smallest absolute Gasteiger partial charge is 0.0177 e. The van der Waals surface area contributed by atoms with E-state index in [1.807, 2.05) is 0 Å². The summed E-state index contributed by atoms with van der Waals surface area (Å²) in [6.07, 6.45) is 5.25. The molecule has 118 valence electrons. The van der Waals surface area contributed by atoms with Crippen molar-refractivity contribution in [3.8, 4) is 0 Å². The van der Waals surface area contributed by atoms with Crippen LogP contribution in [-0.2, 0) is 6.42 Å². The molecule has 1 aromatic carbocycles. The Kier molecular flexibility index (Phi) is 5.90. The summed E-state index contributed by atoms with van der Waals surface area (Å²) in [5, 5.41) is 3.73. The fourth-order valence-corrected chi connectivity index (χ4v) is 4.22. The van der Waals surface area contributed by atoms with Crippen LogP contribution in [0.25, 0.3) is 0 Å². The van der Waals surface area contributed by atoms with Crippen LogP contribution in [0.2, 0.25) is 0 Å². The summed E-state index contributed by atoms with van der Waals surface area (Å²) >= 11 is 3.60. The van der Waals surface area contributed by atoms with Gasteiger partial charge in [-0.05, 0) is 67.2 Å². The van der Waals surface area contributed by atoms with E-state index in [0.717, 1.165) is 18.4 Å². The zero-order valence-electron chi connectivity index (χ0n) is 14.0. The van der Waals surface area contributed by atoms with Crippen LogP contribution in [0.1, 0.15) is 52.5 Å². The Balaban J connectivity index is 2.10. The molecule has 21 heavy (non-hydrogen) atoms. The summed E-state index contributed by atoms with van der Waals surface area (Å²) in [5.74, 6) is 1.61. The van der Waals surface area contributed by atoms with Crippen LogP contribution in [0, 0.1) is 17.3 Å². The molecule has 0 bridgehead atoms. The Hall–Kier alpha value is -0.340. The lowest BCUT2D eigenvalue weighted by molar-refractivity contribution is 0.114. The largest absolute Gasteiger partial charge is 0.314 e. The van der Waals surface area contributed by atoms with Crippen LogP contribution in [0.5, 0.6) is 0 Å². The van der Waals surface area contributed by atoms with Crippen molar-refractivity contribution in [2.24, 2.45) is 17.3 Å². The molecule has 3 atom stereocenters. The Bertz CT molecular complexity index is 449. The van der Waals surface area contributed by atoms with E-state index in [-0.39, 0.29) is 0 Å². The van der Waals surface area contributed by atoms with Crippen molar-refractivity contribution in [3.05, 3.63) is 34.3 Å². The predicted octanol–water partition coefficient (Wildman–Crippen LogP) is 5.43. The third-order valence-electron chi connectivity index (χ3n) is 5.06. The predicted molar refractivity (Wildman–Crippen MR) is 95.6 cm³/mol. The first-order chi connectivity index (χ1) is 9.90. The quantitative estimate of drug-likeness (QED) is 0.762. The highest BCUT2D eigenvalue weighted by molar-refractivity contribution is 9.10. The van der Waals surface area contributed by atoms with Gasteiger partial charge in [-0.2, -0.15) is 0 Å². The Morgan fingerprint density at radius 3 is 2.62 bits per heavy atom. The molecule has 0 amide bonds. The molecule has 0 aromatic heterocycles. The van der Waals surface area contributed by atoms with Crippen LogP contribution in [0.4, 0.5) is 0 Å². The van der Waals surface area contributed by atoms with Crippen molar-refractivity contribution in [1.82, 2.24) is 5.32 Å². The lowest BCUT2D eigenvalue weighted by atomic mass is 9.66. The van der Waals surface area contributed by atoms with Crippen molar-refractivity contribution < 1.29 is 0 Å². The van der Waals surface area contributed by atoms with Gasteiger partial charge in [-0.15, -0.1) is 0 Å². The van der Waals surface area contributed by atoms with Crippen LogP contribution in [0.15, 0.2) is 28.7 Å². The molecular weight excluding hydrogens is 322 g/mol. The molecule has 0 heterocycles. The minimum absolute atomic E-state index is 0.437. The molecule has 3 unspecified atom stereocenters. The molecule has 1 nitrogen and oxygen atoms in total. The molecule has 0 aliphatic heterocycles. The van der Waals surface area contributed by atoms with Gasteiger partial charge >= 0.3 is 0 Å². The van der Waals surface area contributed by atoms with E-state index in [4.69, 9.17) is 0 Å². The molecule has 2 rings (SSSR count). The average molecular weight is 352 g/mol. The first-order valence-electron chi connectivity index (χ1n) is 8.38. The first-order valence-corrected chi connectivity index (χ1v) is 9.17. The monoisotopic (exact) mass is 351 g/mol. The van der Waals surface area contributed by atoms with Crippen LogP contribution < -0.4 is 5.32 Å². The van der Waals surface area contributed by atoms with Gasteiger partial charge in [0.2, 0.25) is 0 Å². The lowest BCUT2D eigenvalue weighted by Crippen LogP contribution is -2.43. The topological polar surface area (TPSA) is 12.0 Å². The molecule has 0 spiro atoms. The summed E-state index contributed by atoms with van der Waals surface area (Å²) in [5.41, 5.74) is 1.90. The Labute approximate surface area is 139 Å². The molecule has 1 aromatic rings. The number of halogens is 1. The molecule has 1 aliphatic carbocycles. The van der Waals surface area contributed by atoms with Gasteiger partial charge in [0.1, 0.15) is 0 Å². The van der Waals surface area contributed by atoms with Crippen LogP contribution in [0.3, 0.4) is 0 Å². The molecule has 1 saturated carbocycles. The van der Waals surface area contributed by atoms with E-state index in [1.54, 1.807) is 0 Å². The summed E-state index contributed by atoms with van der Waals surface area (Å²) < 4.78 is 1.20. The standard InChI is InChI=1S/C19H30BrN/c1-5-21-18-10-9-16(19(2,3)4)13-15(18)11-14-7-6-8-17(20)12-14/h6-8,12,15-16,18,21H,5,9-11,13H2,1-4H3. The van der Waals surface area contributed by atoms with E-state index in [2.05, 4.69) is 73.2 Å². The third kappa shape index (κ3) is 4.82.